The number of carbonyl (C=O) groups is 1. The number of nitro groups is 2. The van der Waals surface area contributed by atoms with Gasteiger partial charge in [-0.25, -0.2) is 0 Å². The van der Waals surface area contributed by atoms with Crippen molar-refractivity contribution >= 4 is 11.5 Å². The number of hydrogen-bond acceptors (Lipinski definition) is 8. The fourth-order valence-corrected chi connectivity index (χ4v) is 11.1. The van der Waals surface area contributed by atoms with Gasteiger partial charge >= 0.3 is 0 Å². The molecule has 10 heteroatoms. The van der Waals surface area contributed by atoms with Crippen molar-refractivity contribution in [2.24, 2.45) is 23.2 Å². The van der Waals surface area contributed by atoms with E-state index in [9.17, 15) is 25.0 Å². The summed E-state index contributed by atoms with van der Waals surface area (Å²) in [7, 11) is 0. The highest BCUT2D eigenvalue weighted by molar-refractivity contribution is 6.00. The van der Waals surface area contributed by atoms with E-state index in [1.807, 2.05) is 103 Å². The average molecular weight is 658 g/mol. The van der Waals surface area contributed by atoms with E-state index in [1.54, 1.807) is 6.08 Å². The predicted octanol–water partition coefficient (Wildman–Crippen LogP) is 5.97. The first-order valence-electron chi connectivity index (χ1n) is 17.2. The number of carbonyl (C=O) groups excluding carboxylic acids is 1. The SMILES string of the molecule is Cc1ccc(N2C3=C(C(=O)CC(C)(C)C3)[C@@H]3[C@@H]4[C@@H]5N(Cc6ccccc6)[C@H]2[C@@]3([N+](=O)[O-])[C@@H]2C=CN(Cc3ccccc3)[C@H]4[C@@]25[N+](=O)[O-])cc1. The van der Waals surface area contributed by atoms with E-state index in [4.69, 9.17) is 0 Å². The molecular formula is C39H39N5O5. The van der Waals surface area contributed by atoms with E-state index in [1.165, 1.54) is 0 Å². The van der Waals surface area contributed by atoms with Crippen LogP contribution in [0.5, 0.6) is 0 Å². The van der Waals surface area contributed by atoms with Crippen molar-refractivity contribution in [3.8, 4) is 0 Å². The summed E-state index contributed by atoms with van der Waals surface area (Å²) < 4.78 is 0. The van der Waals surface area contributed by atoms with Gasteiger partial charge in [0.15, 0.2) is 11.9 Å². The minimum Gasteiger partial charge on any atom is -0.363 e. The number of ketones is 1. The van der Waals surface area contributed by atoms with Crippen molar-refractivity contribution in [3.05, 3.63) is 145 Å². The molecule has 3 aromatic carbocycles. The van der Waals surface area contributed by atoms with Crippen molar-refractivity contribution < 1.29 is 14.6 Å². The van der Waals surface area contributed by atoms with Crippen LogP contribution in [-0.4, -0.2) is 54.8 Å². The van der Waals surface area contributed by atoms with Gasteiger partial charge in [-0.1, -0.05) is 98.3 Å². The number of nitrogens with zero attached hydrogens (tertiary/aromatic N) is 5. The fraction of sp³-hybridized carbons (Fsp3) is 0.410. The van der Waals surface area contributed by atoms with Crippen LogP contribution in [0.25, 0.3) is 0 Å². The molecule has 10 nitrogen and oxygen atoms in total. The van der Waals surface area contributed by atoms with Gasteiger partial charge in [0, 0.05) is 52.2 Å². The molecule has 4 aliphatic heterocycles. The smallest absolute Gasteiger partial charge is 0.276 e. The molecule has 11 rings (SSSR count). The third-order valence-electron chi connectivity index (χ3n) is 12.6. The molecule has 8 bridgehead atoms. The first kappa shape index (κ1) is 30.2. The van der Waals surface area contributed by atoms with E-state index in [-0.39, 0.29) is 27.5 Å². The summed E-state index contributed by atoms with van der Waals surface area (Å²) in [5.41, 5.74) is 1.31. The van der Waals surface area contributed by atoms with Crippen LogP contribution in [0, 0.1) is 50.3 Å². The van der Waals surface area contributed by atoms with E-state index in [2.05, 4.69) is 23.6 Å². The van der Waals surface area contributed by atoms with E-state index < -0.39 is 47.1 Å². The van der Waals surface area contributed by atoms with E-state index >= 15 is 0 Å². The molecule has 3 aromatic rings. The third kappa shape index (κ3) is 3.72. The Hall–Kier alpha value is -4.83. The Morgan fingerprint density at radius 2 is 1.41 bits per heavy atom. The lowest BCUT2D eigenvalue weighted by atomic mass is 9.32. The molecule has 0 amide bonds. The van der Waals surface area contributed by atoms with Gasteiger partial charge in [-0.05, 0) is 48.2 Å². The molecule has 4 aliphatic carbocycles. The maximum Gasteiger partial charge on any atom is 0.276 e. The number of aryl methyl sites for hydroxylation is 1. The zero-order valence-electron chi connectivity index (χ0n) is 27.8. The Bertz CT molecular complexity index is 1960. The Morgan fingerprint density at radius 1 is 0.796 bits per heavy atom. The van der Waals surface area contributed by atoms with Crippen LogP contribution >= 0.6 is 0 Å². The number of piperidine rings is 2. The molecule has 0 N–H and O–H groups in total. The van der Waals surface area contributed by atoms with Crippen LogP contribution in [0.2, 0.25) is 0 Å². The van der Waals surface area contributed by atoms with Crippen LogP contribution < -0.4 is 4.90 Å². The predicted molar refractivity (Wildman–Crippen MR) is 183 cm³/mol. The molecule has 8 aliphatic rings. The number of rotatable bonds is 7. The van der Waals surface area contributed by atoms with Crippen LogP contribution in [0.1, 0.15) is 43.4 Å². The highest BCUT2D eigenvalue weighted by atomic mass is 16.6. The monoisotopic (exact) mass is 657 g/mol. The lowest BCUT2D eigenvalue weighted by Gasteiger charge is -2.79. The second-order valence-corrected chi connectivity index (χ2v) is 15.7. The van der Waals surface area contributed by atoms with Gasteiger partial charge in [0.25, 0.3) is 11.1 Å². The molecule has 5 fully saturated rings. The van der Waals surface area contributed by atoms with Gasteiger partial charge in [-0.2, -0.15) is 0 Å². The molecule has 0 unspecified atom stereocenters. The quantitative estimate of drug-likeness (QED) is 0.226. The van der Waals surface area contributed by atoms with Crippen LogP contribution in [0.15, 0.2) is 108 Å². The van der Waals surface area contributed by atoms with E-state index in [0.29, 0.717) is 25.1 Å². The third-order valence-corrected chi connectivity index (χ3v) is 12.6. The molecule has 3 saturated carbocycles. The molecule has 8 atom stereocenters. The van der Waals surface area contributed by atoms with Gasteiger partial charge < -0.3 is 9.80 Å². The Labute approximate surface area is 285 Å². The van der Waals surface area contributed by atoms with Gasteiger partial charge in [0.05, 0.1) is 12.0 Å². The summed E-state index contributed by atoms with van der Waals surface area (Å²) >= 11 is 0. The van der Waals surface area contributed by atoms with Gasteiger partial charge in [0.2, 0.25) is 0 Å². The second-order valence-electron chi connectivity index (χ2n) is 15.7. The summed E-state index contributed by atoms with van der Waals surface area (Å²) in [6.07, 6.45) is 3.67. The van der Waals surface area contributed by atoms with Gasteiger partial charge in [-0.3, -0.25) is 29.9 Å². The lowest BCUT2D eigenvalue weighted by Crippen LogP contribution is -3.01. The molecule has 0 spiro atoms. The highest BCUT2D eigenvalue weighted by Crippen LogP contribution is 2.75. The van der Waals surface area contributed by atoms with Crippen molar-refractivity contribution in [2.75, 3.05) is 4.90 Å². The molecule has 0 aromatic heterocycles. The Kier molecular flexibility index (Phi) is 6.24. The van der Waals surface area contributed by atoms with Crippen LogP contribution in [0.4, 0.5) is 5.69 Å². The van der Waals surface area contributed by atoms with Crippen LogP contribution in [-0.2, 0) is 17.9 Å². The summed E-state index contributed by atoms with van der Waals surface area (Å²) in [6.45, 7) is 6.93. The lowest BCUT2D eigenvalue weighted by molar-refractivity contribution is -0.703. The second kappa shape index (κ2) is 10.1. The molecular weight excluding hydrogens is 618 g/mol. The molecule has 4 heterocycles. The van der Waals surface area contributed by atoms with E-state index in [0.717, 1.165) is 28.1 Å². The molecule has 49 heavy (non-hydrogen) atoms. The maximum absolute atomic E-state index is 14.6. The van der Waals surface area contributed by atoms with Crippen molar-refractivity contribution in [1.82, 2.24) is 9.80 Å². The molecule has 250 valence electrons. The fourth-order valence-electron chi connectivity index (χ4n) is 11.1. The first-order valence-corrected chi connectivity index (χ1v) is 17.2. The minimum atomic E-state index is -1.84. The zero-order chi connectivity index (χ0) is 34.0. The highest BCUT2D eigenvalue weighted by Gasteiger charge is 2.97. The topological polar surface area (TPSA) is 113 Å². The minimum absolute atomic E-state index is 0.0644. The standard InChI is InChI=1S/C39H39N5O5/c1-24-14-16-27(17-15-24)42-28-20-37(2,3)21-29(45)31(28)33-32-34-39(44(48)49)30(18-19-40(34)22-25-10-6-4-7-11-25)38(33,43(46)47)36(42)41(35(32)39)23-26-12-8-5-9-13-26/h4-19,30,32-36H,20-23H2,1-3H3/t30-,32-,33+,34+,35-,36+,38+,39-/m0/s1. The molecule has 0 radical (unpaired) electrons. The van der Waals surface area contributed by atoms with Gasteiger partial charge in [0.1, 0.15) is 12.0 Å². The summed E-state index contributed by atoms with van der Waals surface area (Å²) in [5, 5.41) is 28.1. The largest absolute Gasteiger partial charge is 0.363 e. The van der Waals surface area contributed by atoms with Crippen molar-refractivity contribution in [1.29, 1.82) is 0 Å². The summed E-state index contributed by atoms with van der Waals surface area (Å²) in [6, 6.07) is 26.3. The molecule has 2 saturated heterocycles. The number of anilines is 1. The number of benzene rings is 3. The summed E-state index contributed by atoms with van der Waals surface area (Å²) in [5.74, 6) is -2.34. The van der Waals surface area contributed by atoms with Crippen molar-refractivity contribution in [3.63, 3.8) is 0 Å². The Balaban J connectivity index is 1.34. The maximum atomic E-state index is 14.6. The summed E-state index contributed by atoms with van der Waals surface area (Å²) in [4.78, 5) is 48.4. The van der Waals surface area contributed by atoms with Crippen LogP contribution in [0.3, 0.4) is 0 Å². The Morgan fingerprint density at radius 3 is 2.02 bits per heavy atom. The first-order chi connectivity index (χ1) is 23.5. The van der Waals surface area contributed by atoms with Gasteiger partial charge in [-0.15, -0.1) is 0 Å². The number of Topliss-reactive ketones (excluding diaryl/α,β-unsaturated/α-hetero) is 1. The van der Waals surface area contributed by atoms with Crippen molar-refractivity contribution in [2.45, 2.75) is 76.0 Å². The average Bonchev–Trinajstić information content (AvgIpc) is 3.05. The number of allylic oxidation sites excluding steroid dienone is 1. The normalized spacial score (nSPS) is 34.8. The number of hydrogen-bond donors (Lipinski definition) is 0. The zero-order valence-corrected chi connectivity index (χ0v) is 27.8.